The van der Waals surface area contributed by atoms with E-state index in [1.54, 1.807) is 13.2 Å². The average molecular weight is 390 g/mol. The van der Waals surface area contributed by atoms with E-state index in [0.29, 0.717) is 25.1 Å². The van der Waals surface area contributed by atoms with Crippen molar-refractivity contribution in [3.8, 4) is 5.88 Å². The number of halogens is 1. The highest BCUT2D eigenvalue weighted by Gasteiger charge is 2.33. The van der Waals surface area contributed by atoms with Crippen LogP contribution in [-0.2, 0) is 6.54 Å². The van der Waals surface area contributed by atoms with E-state index in [4.69, 9.17) is 4.74 Å². The highest BCUT2D eigenvalue weighted by molar-refractivity contribution is 14.0. The van der Waals surface area contributed by atoms with Crippen LogP contribution in [0.1, 0.15) is 25.8 Å². The van der Waals surface area contributed by atoms with Gasteiger partial charge in [-0.25, -0.2) is 4.98 Å². The van der Waals surface area contributed by atoms with Crippen LogP contribution in [0.25, 0.3) is 0 Å². The SMILES string of the molecule is CCOc1ncccc1CNC(=NC)NC1CC1C.I. The zero-order chi connectivity index (χ0) is 13.7. The van der Waals surface area contributed by atoms with Gasteiger partial charge in [-0.3, -0.25) is 4.99 Å². The molecule has 0 saturated heterocycles. The van der Waals surface area contributed by atoms with Crippen LogP contribution in [-0.4, -0.2) is 30.6 Å². The van der Waals surface area contributed by atoms with Crippen molar-refractivity contribution in [2.45, 2.75) is 32.9 Å². The third-order valence-corrected chi connectivity index (χ3v) is 3.23. The van der Waals surface area contributed by atoms with Crippen molar-refractivity contribution >= 4 is 29.9 Å². The molecule has 0 aliphatic heterocycles. The Morgan fingerprint density at radius 1 is 1.55 bits per heavy atom. The van der Waals surface area contributed by atoms with Crippen molar-refractivity contribution < 1.29 is 4.74 Å². The van der Waals surface area contributed by atoms with Gasteiger partial charge in [-0.15, -0.1) is 24.0 Å². The first-order valence-corrected chi connectivity index (χ1v) is 6.78. The summed E-state index contributed by atoms with van der Waals surface area (Å²) < 4.78 is 5.50. The lowest BCUT2D eigenvalue weighted by Crippen LogP contribution is -2.38. The topological polar surface area (TPSA) is 58.5 Å². The van der Waals surface area contributed by atoms with Gasteiger partial charge in [-0.05, 0) is 25.3 Å². The van der Waals surface area contributed by atoms with Crippen LogP contribution in [0.2, 0.25) is 0 Å². The summed E-state index contributed by atoms with van der Waals surface area (Å²) in [6, 6.07) is 4.49. The maximum absolute atomic E-state index is 5.50. The minimum absolute atomic E-state index is 0. The minimum atomic E-state index is 0. The smallest absolute Gasteiger partial charge is 0.218 e. The molecule has 1 aliphatic carbocycles. The molecule has 0 spiro atoms. The molecule has 20 heavy (non-hydrogen) atoms. The number of nitrogens with one attached hydrogen (secondary N) is 2. The Balaban J connectivity index is 0.00000200. The molecule has 5 nitrogen and oxygen atoms in total. The molecule has 1 aromatic rings. The summed E-state index contributed by atoms with van der Waals surface area (Å²) >= 11 is 0. The first kappa shape index (κ1) is 17.0. The first-order chi connectivity index (χ1) is 9.24. The summed E-state index contributed by atoms with van der Waals surface area (Å²) in [6.45, 7) is 5.47. The first-order valence-electron chi connectivity index (χ1n) is 6.78. The molecular weight excluding hydrogens is 367 g/mol. The molecule has 1 fully saturated rings. The normalized spacial score (nSPS) is 20.9. The second-order valence-electron chi connectivity index (χ2n) is 4.79. The molecule has 1 aromatic heterocycles. The molecule has 2 unspecified atom stereocenters. The highest BCUT2D eigenvalue weighted by Crippen LogP contribution is 2.28. The molecule has 0 radical (unpaired) electrons. The van der Waals surface area contributed by atoms with Gasteiger partial charge in [0, 0.05) is 31.4 Å². The lowest BCUT2D eigenvalue weighted by Gasteiger charge is -2.13. The predicted octanol–water partition coefficient (Wildman–Crippen LogP) is 2.17. The molecule has 1 saturated carbocycles. The number of aromatic nitrogens is 1. The van der Waals surface area contributed by atoms with Gasteiger partial charge in [0.1, 0.15) is 0 Å². The predicted molar refractivity (Wildman–Crippen MR) is 91.7 cm³/mol. The van der Waals surface area contributed by atoms with Crippen molar-refractivity contribution in [1.82, 2.24) is 15.6 Å². The second-order valence-corrected chi connectivity index (χ2v) is 4.79. The number of ether oxygens (including phenoxy) is 1. The Bertz CT molecular complexity index is 453. The molecule has 2 atom stereocenters. The summed E-state index contributed by atoms with van der Waals surface area (Å²) in [7, 11) is 1.79. The molecule has 112 valence electrons. The summed E-state index contributed by atoms with van der Waals surface area (Å²) in [5, 5.41) is 6.69. The van der Waals surface area contributed by atoms with E-state index in [9.17, 15) is 0 Å². The average Bonchev–Trinajstić information content (AvgIpc) is 3.12. The minimum Gasteiger partial charge on any atom is -0.478 e. The van der Waals surface area contributed by atoms with Crippen molar-refractivity contribution in [2.75, 3.05) is 13.7 Å². The van der Waals surface area contributed by atoms with Gasteiger partial charge in [0.15, 0.2) is 5.96 Å². The van der Waals surface area contributed by atoms with E-state index in [1.165, 1.54) is 6.42 Å². The maximum atomic E-state index is 5.50. The number of pyridine rings is 1. The molecule has 0 bridgehead atoms. The summed E-state index contributed by atoms with van der Waals surface area (Å²) in [5.41, 5.74) is 1.04. The zero-order valence-corrected chi connectivity index (χ0v) is 14.5. The lowest BCUT2D eigenvalue weighted by atomic mass is 10.2. The summed E-state index contributed by atoms with van der Waals surface area (Å²) in [6.07, 6.45) is 2.96. The Morgan fingerprint density at radius 2 is 2.30 bits per heavy atom. The van der Waals surface area contributed by atoms with Gasteiger partial charge in [0.05, 0.1) is 6.61 Å². The zero-order valence-electron chi connectivity index (χ0n) is 12.2. The van der Waals surface area contributed by atoms with Crippen molar-refractivity contribution in [1.29, 1.82) is 0 Å². The van der Waals surface area contributed by atoms with E-state index in [2.05, 4.69) is 27.5 Å². The fourth-order valence-corrected chi connectivity index (χ4v) is 1.90. The Morgan fingerprint density at radius 3 is 2.90 bits per heavy atom. The van der Waals surface area contributed by atoms with E-state index in [-0.39, 0.29) is 24.0 Å². The second kappa shape index (κ2) is 8.28. The molecule has 1 heterocycles. The molecule has 1 aliphatic rings. The monoisotopic (exact) mass is 390 g/mol. The third kappa shape index (κ3) is 4.81. The number of nitrogens with zero attached hydrogens (tertiary/aromatic N) is 2. The molecule has 2 rings (SSSR count). The van der Waals surface area contributed by atoms with Crippen LogP contribution in [0.3, 0.4) is 0 Å². The van der Waals surface area contributed by atoms with Gasteiger partial charge < -0.3 is 15.4 Å². The largest absolute Gasteiger partial charge is 0.478 e. The summed E-state index contributed by atoms with van der Waals surface area (Å²) in [4.78, 5) is 8.46. The fourth-order valence-electron chi connectivity index (χ4n) is 1.90. The number of rotatable bonds is 5. The van der Waals surface area contributed by atoms with E-state index in [0.717, 1.165) is 17.4 Å². The molecular formula is C14H23IN4O. The molecule has 0 amide bonds. The Kier molecular flexibility index (Phi) is 7.04. The highest BCUT2D eigenvalue weighted by atomic mass is 127. The Hall–Kier alpha value is -1.05. The van der Waals surface area contributed by atoms with Crippen molar-refractivity contribution in [2.24, 2.45) is 10.9 Å². The Labute approximate surface area is 137 Å². The number of hydrogen-bond acceptors (Lipinski definition) is 3. The van der Waals surface area contributed by atoms with E-state index < -0.39 is 0 Å². The lowest BCUT2D eigenvalue weighted by molar-refractivity contribution is 0.322. The maximum Gasteiger partial charge on any atom is 0.218 e. The van der Waals surface area contributed by atoms with Crippen molar-refractivity contribution in [3.05, 3.63) is 23.9 Å². The van der Waals surface area contributed by atoms with Crippen LogP contribution < -0.4 is 15.4 Å². The van der Waals surface area contributed by atoms with Crippen molar-refractivity contribution in [3.63, 3.8) is 0 Å². The van der Waals surface area contributed by atoms with Crippen LogP contribution in [0.4, 0.5) is 0 Å². The molecule has 2 N–H and O–H groups in total. The van der Waals surface area contributed by atoms with Crippen LogP contribution >= 0.6 is 24.0 Å². The van der Waals surface area contributed by atoms with E-state index >= 15 is 0 Å². The summed E-state index contributed by atoms with van der Waals surface area (Å²) in [5.74, 6) is 2.27. The van der Waals surface area contributed by atoms with Crippen LogP contribution in [0, 0.1) is 5.92 Å². The quantitative estimate of drug-likeness (QED) is 0.460. The molecule has 6 heteroatoms. The number of hydrogen-bond donors (Lipinski definition) is 2. The number of guanidine groups is 1. The van der Waals surface area contributed by atoms with Gasteiger partial charge in [0.25, 0.3) is 0 Å². The van der Waals surface area contributed by atoms with Crippen LogP contribution in [0.5, 0.6) is 5.88 Å². The number of aliphatic imine (C=N–C) groups is 1. The standard InChI is InChI=1S/C14H22N4O.HI/c1-4-19-13-11(6-5-7-16-13)9-17-14(15-3)18-12-8-10(12)2;/h5-7,10,12H,4,8-9H2,1-3H3,(H2,15,17,18);1H. The molecule has 0 aromatic carbocycles. The van der Waals surface area contributed by atoms with Gasteiger partial charge in [-0.2, -0.15) is 0 Å². The van der Waals surface area contributed by atoms with E-state index in [1.807, 2.05) is 19.1 Å². The van der Waals surface area contributed by atoms with Gasteiger partial charge in [-0.1, -0.05) is 13.0 Å². The fraction of sp³-hybridized carbons (Fsp3) is 0.571. The van der Waals surface area contributed by atoms with Gasteiger partial charge in [0.2, 0.25) is 5.88 Å². The van der Waals surface area contributed by atoms with Crippen LogP contribution in [0.15, 0.2) is 23.3 Å². The third-order valence-electron chi connectivity index (χ3n) is 3.23. The van der Waals surface area contributed by atoms with Gasteiger partial charge >= 0.3 is 0 Å².